The van der Waals surface area contributed by atoms with Crippen molar-refractivity contribution in [3.05, 3.63) is 27.2 Å². The van der Waals surface area contributed by atoms with Crippen LogP contribution in [-0.2, 0) is 14.1 Å². The van der Waals surface area contributed by atoms with Crippen molar-refractivity contribution >= 4 is 11.2 Å². The molecule has 0 saturated heterocycles. The van der Waals surface area contributed by atoms with E-state index in [0.29, 0.717) is 11.2 Å². The van der Waals surface area contributed by atoms with Crippen molar-refractivity contribution in [1.29, 1.82) is 0 Å². The smallest absolute Gasteiger partial charge is 0.328 e. The topological polar surface area (TPSA) is 72.7 Å². The van der Waals surface area contributed by atoms with Crippen molar-refractivity contribution in [3.8, 4) is 0 Å². The van der Waals surface area contributed by atoms with Crippen molar-refractivity contribution in [3.63, 3.8) is 0 Å². The fraction of sp³-hybridized carbons (Fsp3) is 0.286. The number of nitrogens with one attached hydrogen (secondary N) is 1. The number of H-pyrrole nitrogens is 1. The van der Waals surface area contributed by atoms with Crippen LogP contribution in [-0.4, -0.2) is 19.1 Å². The van der Waals surface area contributed by atoms with Crippen molar-refractivity contribution in [1.82, 2.24) is 19.1 Å². The molecule has 0 unspecified atom stereocenters. The number of imidazole rings is 1. The number of rotatable bonds is 0. The van der Waals surface area contributed by atoms with E-state index in [1.54, 1.807) is 18.7 Å². The second kappa shape index (κ2) is 3.72. The molecule has 0 aliphatic heterocycles. The van der Waals surface area contributed by atoms with Gasteiger partial charge < -0.3 is 4.57 Å². The van der Waals surface area contributed by atoms with Crippen LogP contribution in [0.2, 0.25) is 0 Å². The molecule has 0 saturated carbocycles. The van der Waals surface area contributed by atoms with E-state index in [9.17, 15) is 9.59 Å². The van der Waals surface area contributed by atoms with Crippen LogP contribution in [0.1, 0.15) is 0 Å². The molecule has 7 heteroatoms. The van der Waals surface area contributed by atoms with Crippen LogP contribution < -0.4 is 40.8 Å². The van der Waals surface area contributed by atoms with Gasteiger partial charge in [-0.05, 0) is 0 Å². The fourth-order valence-corrected chi connectivity index (χ4v) is 1.26. The number of hydrogen-bond acceptors (Lipinski definition) is 3. The van der Waals surface area contributed by atoms with Crippen molar-refractivity contribution in [2.75, 3.05) is 0 Å². The second-order valence-electron chi connectivity index (χ2n) is 2.85. The van der Waals surface area contributed by atoms with Gasteiger partial charge in [-0.2, -0.15) is 0 Å². The van der Waals surface area contributed by atoms with Crippen LogP contribution in [0.4, 0.5) is 0 Å². The Kier molecular flexibility index (Phi) is 2.98. The van der Waals surface area contributed by atoms with Crippen molar-refractivity contribution in [2.24, 2.45) is 14.1 Å². The minimum absolute atomic E-state index is 0. The van der Waals surface area contributed by atoms with Gasteiger partial charge in [-0.1, -0.05) is 0 Å². The van der Waals surface area contributed by atoms with Crippen LogP contribution >= 0.6 is 0 Å². The van der Waals surface area contributed by atoms with Gasteiger partial charge in [-0.3, -0.25) is 14.3 Å². The maximum Gasteiger partial charge on any atom is 1.00 e. The number of aromatic nitrogens is 4. The first-order valence-electron chi connectivity index (χ1n) is 3.71. The third-order valence-corrected chi connectivity index (χ3v) is 1.98. The molecule has 0 amide bonds. The van der Waals surface area contributed by atoms with E-state index in [2.05, 4.69) is 9.97 Å². The summed E-state index contributed by atoms with van der Waals surface area (Å²) in [5.74, 6) is 0. The average molecular weight is 203 g/mol. The Morgan fingerprint density at radius 1 is 1.36 bits per heavy atom. The van der Waals surface area contributed by atoms with Gasteiger partial charge in [0.2, 0.25) is 0 Å². The predicted octanol–water partition coefficient (Wildman–Crippen LogP) is -4.04. The van der Waals surface area contributed by atoms with Crippen LogP contribution in [0.15, 0.2) is 15.9 Å². The summed E-state index contributed by atoms with van der Waals surface area (Å²) in [6, 6.07) is 0. The molecule has 2 aromatic heterocycles. The normalized spacial score (nSPS) is 10.1. The Morgan fingerprint density at radius 2 is 2.00 bits per heavy atom. The van der Waals surface area contributed by atoms with Gasteiger partial charge in [0.25, 0.3) is 5.56 Å². The summed E-state index contributed by atoms with van der Waals surface area (Å²) in [6.45, 7) is 0. The standard InChI is InChI=1S/C7H8N4O2.Na/c1-10-3-8-5-4(10)6(12)9-7(13)11(5)2;/h3H,1-2H3,(H,9,12,13);/q;+1. The SMILES string of the molecule is Cn1cnc2c1c(=O)[nH]c(=O)n2C.[Na+]. The maximum absolute atomic E-state index is 11.3. The van der Waals surface area contributed by atoms with Gasteiger partial charge in [-0.15, -0.1) is 0 Å². The summed E-state index contributed by atoms with van der Waals surface area (Å²) < 4.78 is 2.88. The van der Waals surface area contributed by atoms with Crippen LogP contribution in [0.3, 0.4) is 0 Å². The van der Waals surface area contributed by atoms with E-state index >= 15 is 0 Å². The van der Waals surface area contributed by atoms with Crippen LogP contribution in [0.5, 0.6) is 0 Å². The van der Waals surface area contributed by atoms with E-state index in [4.69, 9.17) is 0 Å². The molecule has 0 fully saturated rings. The third-order valence-electron chi connectivity index (χ3n) is 1.98. The molecule has 6 nitrogen and oxygen atoms in total. The minimum Gasteiger partial charge on any atom is -0.328 e. The molecule has 0 aliphatic carbocycles. The zero-order valence-electron chi connectivity index (χ0n) is 8.24. The molecule has 2 rings (SSSR count). The zero-order valence-corrected chi connectivity index (χ0v) is 10.2. The quantitative estimate of drug-likeness (QED) is 0.443. The largest absolute Gasteiger partial charge is 1.00 e. The molecule has 14 heavy (non-hydrogen) atoms. The van der Waals surface area contributed by atoms with Crippen molar-refractivity contribution in [2.45, 2.75) is 0 Å². The van der Waals surface area contributed by atoms with Gasteiger partial charge in [0.1, 0.15) is 0 Å². The Balaban J connectivity index is 0.000000980. The molecule has 0 aromatic carbocycles. The Bertz CT molecular complexity index is 579. The Labute approximate surface area is 101 Å². The van der Waals surface area contributed by atoms with Crippen LogP contribution in [0.25, 0.3) is 11.2 Å². The summed E-state index contributed by atoms with van der Waals surface area (Å²) in [7, 11) is 3.27. The van der Waals surface area contributed by atoms with Gasteiger partial charge in [0, 0.05) is 14.1 Å². The number of fused-ring (bicyclic) bond motifs is 1. The summed E-state index contributed by atoms with van der Waals surface area (Å²) in [5, 5.41) is 0. The Morgan fingerprint density at radius 3 is 2.64 bits per heavy atom. The predicted molar refractivity (Wildman–Crippen MR) is 46.6 cm³/mol. The molecular weight excluding hydrogens is 195 g/mol. The van der Waals surface area contributed by atoms with E-state index in [1.807, 2.05) is 0 Å². The monoisotopic (exact) mass is 203 g/mol. The summed E-state index contributed by atoms with van der Waals surface area (Å²) in [5.41, 5.74) is -0.0485. The molecule has 0 spiro atoms. The van der Waals surface area contributed by atoms with Gasteiger partial charge >= 0.3 is 35.2 Å². The molecule has 0 aliphatic rings. The summed E-state index contributed by atoms with van der Waals surface area (Å²) in [4.78, 5) is 28.6. The van der Waals surface area contributed by atoms with Crippen molar-refractivity contribution < 1.29 is 29.6 Å². The first kappa shape index (κ1) is 11.2. The maximum atomic E-state index is 11.3. The zero-order chi connectivity index (χ0) is 9.59. The number of aromatic amines is 1. The Hall–Kier alpha value is -0.850. The van der Waals surface area contributed by atoms with E-state index in [-0.39, 0.29) is 29.6 Å². The molecule has 1 N–H and O–H groups in total. The molecule has 2 heterocycles. The van der Waals surface area contributed by atoms with Gasteiger partial charge in [0.05, 0.1) is 6.33 Å². The van der Waals surface area contributed by atoms with E-state index < -0.39 is 11.2 Å². The molecule has 0 atom stereocenters. The first-order chi connectivity index (χ1) is 6.11. The molecule has 0 bridgehead atoms. The van der Waals surface area contributed by atoms with Gasteiger partial charge in [0.15, 0.2) is 11.2 Å². The molecule has 68 valence electrons. The fourth-order valence-electron chi connectivity index (χ4n) is 1.26. The summed E-state index contributed by atoms with van der Waals surface area (Å²) in [6.07, 6.45) is 1.50. The minimum atomic E-state index is -0.448. The van der Waals surface area contributed by atoms with Gasteiger partial charge in [-0.25, -0.2) is 9.78 Å². The molecule has 0 radical (unpaired) electrons. The van der Waals surface area contributed by atoms with Crippen LogP contribution in [0, 0.1) is 0 Å². The van der Waals surface area contributed by atoms with E-state index in [0.717, 1.165) is 0 Å². The molecule has 2 aromatic rings. The number of aryl methyl sites for hydroxylation is 2. The van der Waals surface area contributed by atoms with E-state index in [1.165, 1.54) is 10.9 Å². The number of nitrogens with zero attached hydrogens (tertiary/aromatic N) is 3. The third kappa shape index (κ3) is 1.45. The number of hydrogen-bond donors (Lipinski definition) is 1. The summed E-state index contributed by atoms with van der Waals surface area (Å²) >= 11 is 0. The first-order valence-corrected chi connectivity index (χ1v) is 3.71. The average Bonchev–Trinajstić information content (AvgIpc) is 2.44. The molecular formula is C7H8N4NaO2+. The second-order valence-corrected chi connectivity index (χ2v) is 2.85.